The summed E-state index contributed by atoms with van der Waals surface area (Å²) in [5.74, 6) is 1.18. The molecule has 5 heteroatoms. The Kier molecular flexibility index (Phi) is 7.15. The lowest BCUT2D eigenvalue weighted by molar-refractivity contribution is -0.124. The van der Waals surface area contributed by atoms with Crippen LogP contribution in [0.3, 0.4) is 0 Å². The number of benzene rings is 3. The van der Waals surface area contributed by atoms with Crippen molar-refractivity contribution in [1.82, 2.24) is 4.90 Å². The van der Waals surface area contributed by atoms with E-state index < -0.39 is 0 Å². The molecule has 3 aromatic rings. The van der Waals surface area contributed by atoms with E-state index in [2.05, 4.69) is 0 Å². The van der Waals surface area contributed by atoms with E-state index in [0.29, 0.717) is 28.6 Å². The normalized spacial score (nSPS) is 11.1. The minimum absolute atomic E-state index is 0.101. The standard InChI is InChI=1S/C25H24ClNO3/c1-27(17-18-13-14-23(29-2)24(15-18)30-3)25(28)21(19-9-5-4-6-10-19)16-20-11-7-8-12-22(20)26/h4-16H,17H2,1-3H3/b21-16+. The van der Waals surface area contributed by atoms with Crippen LogP contribution < -0.4 is 9.47 Å². The number of rotatable bonds is 7. The maximum absolute atomic E-state index is 13.4. The molecular formula is C25H24ClNO3. The maximum Gasteiger partial charge on any atom is 0.254 e. The number of carbonyl (C=O) groups excluding carboxylic acids is 1. The summed E-state index contributed by atoms with van der Waals surface area (Å²) in [7, 11) is 4.97. The molecule has 0 aliphatic rings. The highest BCUT2D eigenvalue weighted by Gasteiger charge is 2.18. The van der Waals surface area contributed by atoms with Gasteiger partial charge in [0, 0.05) is 24.2 Å². The molecular weight excluding hydrogens is 398 g/mol. The van der Waals surface area contributed by atoms with Crippen molar-refractivity contribution in [2.45, 2.75) is 6.54 Å². The van der Waals surface area contributed by atoms with Crippen molar-refractivity contribution in [2.24, 2.45) is 0 Å². The van der Waals surface area contributed by atoms with Crippen LogP contribution in [-0.2, 0) is 11.3 Å². The van der Waals surface area contributed by atoms with E-state index in [9.17, 15) is 4.79 Å². The summed E-state index contributed by atoms with van der Waals surface area (Å²) < 4.78 is 10.7. The van der Waals surface area contributed by atoms with Crippen molar-refractivity contribution >= 4 is 29.2 Å². The van der Waals surface area contributed by atoms with Crippen molar-refractivity contribution in [1.29, 1.82) is 0 Å². The van der Waals surface area contributed by atoms with Gasteiger partial charge in [0.25, 0.3) is 5.91 Å². The highest BCUT2D eigenvalue weighted by Crippen LogP contribution is 2.29. The van der Waals surface area contributed by atoms with E-state index in [1.165, 1.54) is 0 Å². The molecule has 0 bridgehead atoms. The summed E-state index contributed by atoms with van der Waals surface area (Å²) in [6.07, 6.45) is 1.84. The van der Waals surface area contributed by atoms with E-state index in [1.54, 1.807) is 26.2 Å². The van der Waals surface area contributed by atoms with Crippen molar-refractivity contribution in [3.63, 3.8) is 0 Å². The zero-order valence-corrected chi connectivity index (χ0v) is 18.0. The lowest BCUT2D eigenvalue weighted by Gasteiger charge is -2.20. The first-order valence-electron chi connectivity index (χ1n) is 9.51. The van der Waals surface area contributed by atoms with Gasteiger partial charge in [-0.25, -0.2) is 0 Å². The number of carbonyl (C=O) groups is 1. The summed E-state index contributed by atoms with van der Waals surface area (Å²) in [5, 5.41) is 0.598. The van der Waals surface area contributed by atoms with Gasteiger partial charge in [-0.3, -0.25) is 4.79 Å². The van der Waals surface area contributed by atoms with Gasteiger partial charge in [0.1, 0.15) is 0 Å². The monoisotopic (exact) mass is 421 g/mol. The van der Waals surface area contributed by atoms with E-state index in [-0.39, 0.29) is 5.91 Å². The molecule has 154 valence electrons. The van der Waals surface area contributed by atoms with Crippen LogP contribution in [0, 0.1) is 0 Å². The Balaban J connectivity index is 1.92. The van der Waals surface area contributed by atoms with Gasteiger partial charge >= 0.3 is 0 Å². The molecule has 0 saturated heterocycles. The first-order valence-corrected chi connectivity index (χ1v) is 9.89. The molecule has 0 aromatic heterocycles. The summed E-state index contributed by atoms with van der Waals surface area (Å²) in [4.78, 5) is 15.1. The van der Waals surface area contributed by atoms with Crippen LogP contribution in [0.5, 0.6) is 11.5 Å². The second kappa shape index (κ2) is 9.99. The predicted octanol–water partition coefficient (Wildman–Crippen LogP) is 5.56. The van der Waals surface area contributed by atoms with Gasteiger partial charge in [0.05, 0.1) is 14.2 Å². The van der Waals surface area contributed by atoms with Gasteiger partial charge in [0.2, 0.25) is 0 Å². The number of amides is 1. The van der Waals surface area contributed by atoms with Crippen molar-refractivity contribution in [3.8, 4) is 11.5 Å². The zero-order chi connectivity index (χ0) is 21.5. The molecule has 0 aliphatic heterocycles. The quantitative estimate of drug-likeness (QED) is 0.370. The number of nitrogens with zero attached hydrogens (tertiary/aromatic N) is 1. The molecule has 0 heterocycles. The Morgan fingerprint density at radius 2 is 1.60 bits per heavy atom. The number of hydrogen-bond acceptors (Lipinski definition) is 3. The molecule has 0 atom stereocenters. The van der Waals surface area contributed by atoms with E-state index >= 15 is 0 Å². The van der Waals surface area contributed by atoms with Crippen molar-refractivity contribution in [3.05, 3.63) is 94.5 Å². The SMILES string of the molecule is COc1ccc(CN(C)C(=O)/C(=C/c2ccccc2Cl)c2ccccc2)cc1OC. The fourth-order valence-corrected chi connectivity index (χ4v) is 3.35. The summed E-state index contributed by atoms with van der Waals surface area (Å²) in [5.41, 5.74) is 3.15. The van der Waals surface area contributed by atoms with Crippen LogP contribution in [0.15, 0.2) is 72.8 Å². The van der Waals surface area contributed by atoms with Crippen LogP contribution in [0.2, 0.25) is 5.02 Å². The Hall–Kier alpha value is -3.24. The van der Waals surface area contributed by atoms with Gasteiger partial charge in [-0.2, -0.15) is 0 Å². The van der Waals surface area contributed by atoms with Crippen LogP contribution in [0.25, 0.3) is 11.6 Å². The summed E-state index contributed by atoms with van der Waals surface area (Å²) in [6, 6.07) is 22.7. The van der Waals surface area contributed by atoms with Gasteiger partial charge < -0.3 is 14.4 Å². The molecule has 0 spiro atoms. The zero-order valence-electron chi connectivity index (χ0n) is 17.3. The van der Waals surface area contributed by atoms with Gasteiger partial charge in [-0.15, -0.1) is 0 Å². The number of methoxy groups -OCH3 is 2. The highest BCUT2D eigenvalue weighted by molar-refractivity contribution is 6.33. The molecule has 4 nitrogen and oxygen atoms in total. The average molecular weight is 422 g/mol. The Bertz CT molecular complexity index is 1050. The molecule has 0 fully saturated rings. The molecule has 0 saturated carbocycles. The fourth-order valence-electron chi connectivity index (χ4n) is 3.16. The number of halogens is 1. The van der Waals surface area contributed by atoms with E-state index in [4.69, 9.17) is 21.1 Å². The lowest BCUT2D eigenvalue weighted by Crippen LogP contribution is -2.27. The summed E-state index contributed by atoms with van der Waals surface area (Å²) in [6.45, 7) is 0.423. The second-order valence-electron chi connectivity index (χ2n) is 6.80. The number of ether oxygens (including phenoxy) is 2. The van der Waals surface area contributed by atoms with Gasteiger partial charge in [0.15, 0.2) is 11.5 Å². The molecule has 0 N–H and O–H groups in total. The van der Waals surface area contributed by atoms with Crippen LogP contribution >= 0.6 is 11.6 Å². The number of hydrogen-bond donors (Lipinski definition) is 0. The predicted molar refractivity (Wildman–Crippen MR) is 122 cm³/mol. The topological polar surface area (TPSA) is 38.8 Å². The minimum atomic E-state index is -0.101. The van der Waals surface area contributed by atoms with Crippen molar-refractivity contribution < 1.29 is 14.3 Å². The third-order valence-electron chi connectivity index (χ3n) is 4.73. The second-order valence-corrected chi connectivity index (χ2v) is 7.20. The van der Waals surface area contributed by atoms with Gasteiger partial charge in [-0.05, 0) is 41.0 Å². The van der Waals surface area contributed by atoms with Crippen molar-refractivity contribution in [2.75, 3.05) is 21.3 Å². The maximum atomic E-state index is 13.4. The molecule has 3 rings (SSSR count). The Morgan fingerprint density at radius 3 is 2.27 bits per heavy atom. The van der Waals surface area contributed by atoms with Gasteiger partial charge in [-0.1, -0.05) is 66.2 Å². The van der Waals surface area contributed by atoms with Crippen LogP contribution in [-0.4, -0.2) is 32.1 Å². The summed E-state index contributed by atoms with van der Waals surface area (Å²) >= 11 is 6.34. The van der Waals surface area contributed by atoms with E-state index in [0.717, 1.165) is 16.7 Å². The molecule has 0 aliphatic carbocycles. The molecule has 0 radical (unpaired) electrons. The first kappa shape index (κ1) is 21.5. The molecule has 1 amide bonds. The smallest absolute Gasteiger partial charge is 0.254 e. The largest absolute Gasteiger partial charge is 0.493 e. The minimum Gasteiger partial charge on any atom is -0.493 e. The fraction of sp³-hybridized carbons (Fsp3) is 0.160. The third-order valence-corrected chi connectivity index (χ3v) is 5.08. The van der Waals surface area contributed by atoms with Crippen LogP contribution in [0.4, 0.5) is 0 Å². The number of likely N-dealkylation sites (N-methyl/N-ethyl adjacent to an activating group) is 1. The van der Waals surface area contributed by atoms with Crippen LogP contribution in [0.1, 0.15) is 16.7 Å². The Morgan fingerprint density at radius 1 is 0.933 bits per heavy atom. The lowest BCUT2D eigenvalue weighted by atomic mass is 10.0. The highest BCUT2D eigenvalue weighted by atomic mass is 35.5. The first-order chi connectivity index (χ1) is 14.5. The molecule has 0 unspecified atom stereocenters. The van der Waals surface area contributed by atoms with E-state index in [1.807, 2.05) is 78.9 Å². The average Bonchev–Trinajstić information content (AvgIpc) is 2.78. The molecule has 3 aromatic carbocycles. The molecule has 30 heavy (non-hydrogen) atoms. The third kappa shape index (κ3) is 5.02. The Labute approximate surface area is 182 Å².